The number of para-hydroxylation sites is 5. The van der Waals surface area contributed by atoms with E-state index >= 15 is 0 Å². The standard InChI is InChI=1S/C68H45N3/c1-4-21-52(22-5-1)69(63-34-18-20-46-19-10-11-27-56(46)63)66-40-37-55(57-28-12-13-29-58(57)66)51-42-49(47-35-38-67-61(44-47)59-30-14-16-32-64(59)70(67)53-23-6-2-7-24-53)41-50(43-51)48-36-39-68-62(45-48)60-31-15-17-33-65(60)71(68)54-25-8-3-9-26-54/h1-45H. The van der Waals surface area contributed by atoms with E-state index in [0.29, 0.717) is 0 Å². The third-order valence-corrected chi connectivity index (χ3v) is 14.4. The zero-order valence-corrected chi connectivity index (χ0v) is 38.8. The van der Waals surface area contributed by atoms with E-state index in [9.17, 15) is 0 Å². The summed E-state index contributed by atoms with van der Waals surface area (Å²) in [5, 5.41) is 9.72. The van der Waals surface area contributed by atoms with E-state index < -0.39 is 0 Å². The number of fused-ring (bicyclic) bond motifs is 8. The topological polar surface area (TPSA) is 13.1 Å². The van der Waals surface area contributed by atoms with Gasteiger partial charge in [0, 0.05) is 49.4 Å². The summed E-state index contributed by atoms with van der Waals surface area (Å²) < 4.78 is 4.78. The van der Waals surface area contributed by atoms with Crippen molar-refractivity contribution in [1.82, 2.24) is 9.13 Å². The number of hydrogen-bond donors (Lipinski definition) is 0. The van der Waals surface area contributed by atoms with E-state index in [0.717, 1.165) is 45.1 Å². The number of rotatable bonds is 8. The molecule has 2 heterocycles. The fraction of sp³-hybridized carbons (Fsp3) is 0. The second-order valence-electron chi connectivity index (χ2n) is 18.5. The second-order valence-corrected chi connectivity index (χ2v) is 18.5. The van der Waals surface area contributed by atoms with Gasteiger partial charge in [-0.1, -0.05) is 170 Å². The summed E-state index contributed by atoms with van der Waals surface area (Å²) in [4.78, 5) is 2.43. The second kappa shape index (κ2) is 16.7. The molecule has 14 rings (SSSR count). The Hall–Kier alpha value is -9.44. The molecule has 0 N–H and O–H groups in total. The third-order valence-electron chi connectivity index (χ3n) is 14.4. The predicted molar refractivity (Wildman–Crippen MR) is 301 cm³/mol. The van der Waals surface area contributed by atoms with Crippen LogP contribution < -0.4 is 4.90 Å². The van der Waals surface area contributed by atoms with E-state index in [4.69, 9.17) is 0 Å². The molecule has 71 heavy (non-hydrogen) atoms. The van der Waals surface area contributed by atoms with Gasteiger partial charge < -0.3 is 14.0 Å². The quantitative estimate of drug-likeness (QED) is 0.148. The molecule has 2 aromatic heterocycles. The van der Waals surface area contributed by atoms with Crippen LogP contribution in [0.15, 0.2) is 273 Å². The first kappa shape index (κ1) is 40.6. The van der Waals surface area contributed by atoms with E-state index in [-0.39, 0.29) is 0 Å². The lowest BCUT2D eigenvalue weighted by atomic mass is 9.90. The molecule has 0 atom stereocenters. The minimum absolute atomic E-state index is 1.11. The van der Waals surface area contributed by atoms with Crippen LogP contribution in [-0.2, 0) is 0 Å². The van der Waals surface area contributed by atoms with Gasteiger partial charge in [0.05, 0.1) is 33.4 Å². The SMILES string of the molecule is c1ccc(N(c2cccc3ccccc23)c2ccc(-c3cc(-c4ccc5c(c4)c4ccccc4n5-c4ccccc4)cc(-c4ccc5c(c4)c4ccccc4n5-c4ccccc4)c3)c3ccccc23)cc1. The zero-order chi connectivity index (χ0) is 46.8. The van der Waals surface area contributed by atoms with Gasteiger partial charge >= 0.3 is 0 Å². The highest BCUT2D eigenvalue weighted by molar-refractivity contribution is 6.13. The van der Waals surface area contributed by atoms with Crippen LogP contribution in [0.3, 0.4) is 0 Å². The van der Waals surface area contributed by atoms with Crippen molar-refractivity contribution in [2.24, 2.45) is 0 Å². The van der Waals surface area contributed by atoms with Gasteiger partial charge in [-0.3, -0.25) is 0 Å². The van der Waals surface area contributed by atoms with Gasteiger partial charge in [0.1, 0.15) is 0 Å². The average molecular weight is 904 g/mol. The maximum Gasteiger partial charge on any atom is 0.0541 e. The van der Waals surface area contributed by atoms with Crippen LogP contribution in [-0.4, -0.2) is 9.13 Å². The van der Waals surface area contributed by atoms with Gasteiger partial charge in [0.25, 0.3) is 0 Å². The Balaban J connectivity index is 0.999. The van der Waals surface area contributed by atoms with Crippen LogP contribution >= 0.6 is 0 Å². The molecule has 12 aromatic carbocycles. The summed E-state index contributed by atoms with van der Waals surface area (Å²) in [5.41, 5.74) is 17.5. The van der Waals surface area contributed by atoms with E-state index in [1.54, 1.807) is 0 Å². The number of hydrogen-bond acceptors (Lipinski definition) is 1. The predicted octanol–water partition coefficient (Wildman–Crippen LogP) is 18.7. The lowest BCUT2D eigenvalue weighted by Gasteiger charge is -2.28. The molecule has 332 valence electrons. The molecule has 0 spiro atoms. The van der Waals surface area contributed by atoms with Crippen molar-refractivity contribution in [3.05, 3.63) is 273 Å². The molecule has 0 radical (unpaired) electrons. The summed E-state index contributed by atoms with van der Waals surface area (Å²) in [7, 11) is 0. The van der Waals surface area contributed by atoms with Crippen molar-refractivity contribution < 1.29 is 0 Å². The third kappa shape index (κ3) is 6.74. The smallest absolute Gasteiger partial charge is 0.0541 e. The highest BCUT2D eigenvalue weighted by Gasteiger charge is 2.21. The minimum atomic E-state index is 1.11. The van der Waals surface area contributed by atoms with Crippen molar-refractivity contribution in [3.63, 3.8) is 0 Å². The molecule has 0 fully saturated rings. The summed E-state index contributed by atoms with van der Waals surface area (Å²) in [5.74, 6) is 0. The fourth-order valence-corrected chi connectivity index (χ4v) is 11.3. The van der Waals surface area contributed by atoms with Crippen LogP contribution in [0.2, 0.25) is 0 Å². The molecule has 0 aliphatic rings. The normalized spacial score (nSPS) is 11.7. The highest BCUT2D eigenvalue weighted by atomic mass is 15.1. The summed E-state index contributed by atoms with van der Waals surface area (Å²) in [6.07, 6.45) is 0. The number of aromatic nitrogens is 2. The number of anilines is 3. The van der Waals surface area contributed by atoms with Gasteiger partial charge in [-0.15, -0.1) is 0 Å². The van der Waals surface area contributed by atoms with Crippen molar-refractivity contribution in [3.8, 4) is 44.8 Å². The van der Waals surface area contributed by atoms with Gasteiger partial charge in [-0.05, 0) is 147 Å². The van der Waals surface area contributed by atoms with Crippen molar-refractivity contribution in [2.75, 3.05) is 4.90 Å². The van der Waals surface area contributed by atoms with Gasteiger partial charge in [0.2, 0.25) is 0 Å². The summed E-state index contributed by atoms with van der Waals surface area (Å²) in [6, 6.07) is 99.9. The largest absolute Gasteiger partial charge is 0.309 e. The zero-order valence-electron chi connectivity index (χ0n) is 38.8. The van der Waals surface area contributed by atoms with Crippen molar-refractivity contribution >= 4 is 82.2 Å². The summed E-state index contributed by atoms with van der Waals surface area (Å²) >= 11 is 0. The molecule has 3 nitrogen and oxygen atoms in total. The van der Waals surface area contributed by atoms with Gasteiger partial charge in [0.15, 0.2) is 0 Å². The number of nitrogens with zero attached hydrogens (tertiary/aromatic N) is 3. The van der Waals surface area contributed by atoms with Crippen LogP contribution in [0.4, 0.5) is 17.1 Å². The molecule has 14 aromatic rings. The fourth-order valence-electron chi connectivity index (χ4n) is 11.3. The summed E-state index contributed by atoms with van der Waals surface area (Å²) in [6.45, 7) is 0. The first-order chi connectivity index (χ1) is 35.2. The first-order valence-corrected chi connectivity index (χ1v) is 24.4. The molecule has 0 saturated heterocycles. The highest BCUT2D eigenvalue weighted by Crippen LogP contribution is 2.46. The Labute approximate surface area is 412 Å². The Morgan fingerprint density at radius 2 is 0.676 bits per heavy atom. The molecule has 0 amide bonds. The number of benzene rings is 12. The van der Waals surface area contributed by atoms with Crippen molar-refractivity contribution in [1.29, 1.82) is 0 Å². The van der Waals surface area contributed by atoms with Crippen LogP contribution in [0.1, 0.15) is 0 Å². The van der Waals surface area contributed by atoms with Gasteiger partial charge in [-0.25, -0.2) is 0 Å². The lowest BCUT2D eigenvalue weighted by molar-refractivity contribution is 1.18. The van der Waals surface area contributed by atoms with Crippen LogP contribution in [0.5, 0.6) is 0 Å². The molecule has 0 saturated carbocycles. The van der Waals surface area contributed by atoms with Crippen LogP contribution in [0, 0.1) is 0 Å². The Bertz CT molecular complexity index is 4160. The molecule has 0 aliphatic carbocycles. The maximum absolute atomic E-state index is 2.43. The molecule has 0 bridgehead atoms. The Morgan fingerprint density at radius 1 is 0.239 bits per heavy atom. The minimum Gasteiger partial charge on any atom is -0.309 e. The molecule has 3 heteroatoms. The van der Waals surface area contributed by atoms with E-state index in [1.165, 1.54) is 81.8 Å². The molecule has 0 aliphatic heterocycles. The molecule has 0 unspecified atom stereocenters. The van der Waals surface area contributed by atoms with Crippen molar-refractivity contribution in [2.45, 2.75) is 0 Å². The lowest BCUT2D eigenvalue weighted by Crippen LogP contribution is -2.11. The Kier molecular flexibility index (Phi) is 9.53. The monoisotopic (exact) mass is 903 g/mol. The molecular weight excluding hydrogens is 859 g/mol. The maximum atomic E-state index is 2.43. The van der Waals surface area contributed by atoms with E-state index in [1.807, 2.05) is 0 Å². The van der Waals surface area contributed by atoms with E-state index in [2.05, 4.69) is 287 Å². The van der Waals surface area contributed by atoms with Crippen LogP contribution in [0.25, 0.3) is 110 Å². The Morgan fingerprint density at radius 3 is 1.27 bits per heavy atom. The average Bonchev–Trinajstić information content (AvgIpc) is 3.96. The molecular formula is C68H45N3. The van der Waals surface area contributed by atoms with Gasteiger partial charge in [-0.2, -0.15) is 0 Å². The first-order valence-electron chi connectivity index (χ1n) is 24.4.